The minimum Gasteiger partial charge on any atom is -0.457 e. The van der Waals surface area contributed by atoms with Crippen molar-refractivity contribution >= 4 is 40.4 Å². The maximum atomic E-state index is 12.2. The summed E-state index contributed by atoms with van der Waals surface area (Å²) in [7, 11) is 0. The van der Waals surface area contributed by atoms with Crippen molar-refractivity contribution in [1.29, 1.82) is 5.41 Å². The Balaban J connectivity index is 1.54. The van der Waals surface area contributed by atoms with E-state index in [-0.39, 0.29) is 23.4 Å². The third-order valence-electron chi connectivity index (χ3n) is 3.49. The number of nitrogens with zero attached hydrogens (tertiary/aromatic N) is 1. The fraction of sp³-hybridized carbons (Fsp3) is 0.111. The highest BCUT2D eigenvalue weighted by Gasteiger charge is 2.32. The minimum absolute atomic E-state index is 0.0182. The van der Waals surface area contributed by atoms with Crippen LogP contribution in [0.1, 0.15) is 6.42 Å². The molecule has 8 nitrogen and oxygen atoms in total. The highest BCUT2D eigenvalue weighted by molar-refractivity contribution is 8.15. The summed E-state index contributed by atoms with van der Waals surface area (Å²) in [6.45, 7) is 0. The fourth-order valence-corrected chi connectivity index (χ4v) is 3.29. The van der Waals surface area contributed by atoms with Gasteiger partial charge in [-0.15, -0.1) is 0 Å². The molecule has 0 aromatic heterocycles. The van der Waals surface area contributed by atoms with Gasteiger partial charge in [-0.25, -0.2) is 0 Å². The zero-order valence-corrected chi connectivity index (χ0v) is 15.0. The molecule has 2 aromatic carbocycles. The first kappa shape index (κ1) is 18.5. The molecule has 1 atom stereocenters. The van der Waals surface area contributed by atoms with Crippen molar-refractivity contribution in [2.24, 2.45) is 10.7 Å². The Morgan fingerprint density at radius 1 is 1.19 bits per heavy atom. The molecule has 0 spiro atoms. The van der Waals surface area contributed by atoms with Crippen molar-refractivity contribution in [3.63, 3.8) is 0 Å². The normalized spacial score (nSPS) is 17.4. The first-order chi connectivity index (χ1) is 13.0. The number of nitrogens with one attached hydrogen (secondary N) is 3. The minimum atomic E-state index is -0.608. The van der Waals surface area contributed by atoms with Crippen molar-refractivity contribution in [3.8, 4) is 11.5 Å². The van der Waals surface area contributed by atoms with Crippen molar-refractivity contribution in [2.45, 2.75) is 11.7 Å². The second kappa shape index (κ2) is 8.37. The smallest absolute Gasteiger partial charge is 0.240 e. The average Bonchev–Trinajstić information content (AvgIpc) is 2.95. The lowest BCUT2D eigenvalue weighted by molar-refractivity contribution is -0.122. The van der Waals surface area contributed by atoms with Gasteiger partial charge in [0.2, 0.25) is 17.8 Å². The van der Waals surface area contributed by atoms with Crippen LogP contribution in [-0.2, 0) is 9.59 Å². The molecule has 0 bridgehead atoms. The highest BCUT2D eigenvalue weighted by atomic mass is 32.2. The number of nitrogens with two attached hydrogens (primary N) is 1. The second-order valence-corrected chi connectivity index (χ2v) is 6.78. The first-order valence-electron chi connectivity index (χ1n) is 8.02. The van der Waals surface area contributed by atoms with E-state index in [9.17, 15) is 9.59 Å². The number of hydrogen-bond acceptors (Lipinski definition) is 5. The van der Waals surface area contributed by atoms with Crippen molar-refractivity contribution < 1.29 is 14.3 Å². The Labute approximate surface area is 159 Å². The number of amidine groups is 1. The summed E-state index contributed by atoms with van der Waals surface area (Å²) >= 11 is 1.08. The van der Waals surface area contributed by atoms with Gasteiger partial charge in [0.15, 0.2) is 5.17 Å². The zero-order chi connectivity index (χ0) is 19.2. The molecule has 0 saturated carbocycles. The van der Waals surface area contributed by atoms with E-state index in [1.165, 1.54) is 0 Å². The van der Waals surface area contributed by atoms with Crippen LogP contribution in [0.5, 0.6) is 11.5 Å². The summed E-state index contributed by atoms with van der Waals surface area (Å²) in [6.07, 6.45) is -0.0182. The van der Waals surface area contributed by atoms with Gasteiger partial charge in [0, 0.05) is 12.1 Å². The maximum absolute atomic E-state index is 12.2. The van der Waals surface area contributed by atoms with Crippen LogP contribution in [0.25, 0.3) is 0 Å². The number of guanidine groups is 1. The topological polar surface area (TPSA) is 130 Å². The molecule has 0 aliphatic carbocycles. The van der Waals surface area contributed by atoms with Crippen LogP contribution in [0.3, 0.4) is 0 Å². The standard InChI is InChI=1S/C18H17N5O3S/c19-17(20)23-18-22-16(25)14(27-18)10-15(24)21-11-6-8-13(9-7-11)26-12-4-2-1-3-5-12/h1-9,14H,10H2,(H,21,24)(H4,19,20,22,23,25). The van der Waals surface area contributed by atoms with Crippen LogP contribution in [0.15, 0.2) is 59.6 Å². The molecule has 2 aromatic rings. The molecule has 3 rings (SSSR count). The summed E-state index contributed by atoms with van der Waals surface area (Å²) in [5, 5.41) is 12.0. The SMILES string of the molecule is N=C(N)N=C1NC(=O)C(CC(=O)Nc2ccc(Oc3ccccc3)cc2)S1. The number of rotatable bonds is 5. The Morgan fingerprint density at radius 3 is 2.52 bits per heavy atom. The zero-order valence-electron chi connectivity index (χ0n) is 14.1. The Hall–Kier alpha value is -3.33. The summed E-state index contributed by atoms with van der Waals surface area (Å²) in [5.41, 5.74) is 5.77. The summed E-state index contributed by atoms with van der Waals surface area (Å²) < 4.78 is 5.69. The molecule has 138 valence electrons. The predicted octanol–water partition coefficient (Wildman–Crippen LogP) is 2.29. The van der Waals surface area contributed by atoms with Crippen LogP contribution in [0.4, 0.5) is 5.69 Å². The molecule has 1 saturated heterocycles. The quantitative estimate of drug-likeness (QED) is 0.465. The van der Waals surface area contributed by atoms with E-state index < -0.39 is 11.2 Å². The third-order valence-corrected chi connectivity index (χ3v) is 4.57. The molecule has 5 N–H and O–H groups in total. The van der Waals surface area contributed by atoms with Gasteiger partial charge in [-0.2, -0.15) is 4.99 Å². The number of benzene rings is 2. The number of para-hydroxylation sites is 1. The molecule has 1 heterocycles. The number of thioether (sulfide) groups is 1. The Kier molecular flexibility index (Phi) is 5.72. The van der Waals surface area contributed by atoms with E-state index in [4.69, 9.17) is 15.9 Å². The number of anilines is 1. The van der Waals surface area contributed by atoms with Gasteiger partial charge in [0.1, 0.15) is 16.7 Å². The molecule has 0 radical (unpaired) electrons. The largest absolute Gasteiger partial charge is 0.457 e. The molecule has 27 heavy (non-hydrogen) atoms. The number of carbonyl (C=O) groups is 2. The number of ether oxygens (including phenoxy) is 1. The van der Waals surface area contributed by atoms with E-state index in [2.05, 4.69) is 15.6 Å². The predicted molar refractivity (Wildman–Crippen MR) is 105 cm³/mol. The molecular weight excluding hydrogens is 366 g/mol. The molecule has 1 aliphatic heterocycles. The van der Waals surface area contributed by atoms with Crippen LogP contribution in [-0.4, -0.2) is 28.2 Å². The van der Waals surface area contributed by atoms with E-state index in [0.717, 1.165) is 17.5 Å². The van der Waals surface area contributed by atoms with E-state index in [1.54, 1.807) is 24.3 Å². The monoisotopic (exact) mass is 383 g/mol. The second-order valence-electron chi connectivity index (χ2n) is 5.59. The van der Waals surface area contributed by atoms with Gasteiger partial charge >= 0.3 is 0 Å². The number of hydrogen-bond donors (Lipinski definition) is 4. The summed E-state index contributed by atoms with van der Waals surface area (Å²) in [6, 6.07) is 16.3. The fourth-order valence-electron chi connectivity index (χ4n) is 2.31. The van der Waals surface area contributed by atoms with Crippen molar-refractivity contribution in [3.05, 3.63) is 54.6 Å². The van der Waals surface area contributed by atoms with Crippen LogP contribution in [0.2, 0.25) is 0 Å². The van der Waals surface area contributed by atoms with Gasteiger partial charge in [-0.1, -0.05) is 30.0 Å². The van der Waals surface area contributed by atoms with E-state index in [0.29, 0.717) is 11.4 Å². The molecule has 2 amide bonds. The van der Waals surface area contributed by atoms with Gasteiger partial charge in [0.25, 0.3) is 0 Å². The Morgan fingerprint density at radius 2 is 1.85 bits per heavy atom. The Bertz CT molecular complexity index is 884. The van der Waals surface area contributed by atoms with Crippen molar-refractivity contribution in [1.82, 2.24) is 5.32 Å². The van der Waals surface area contributed by atoms with Gasteiger partial charge in [0.05, 0.1) is 0 Å². The lowest BCUT2D eigenvalue weighted by atomic mass is 10.2. The van der Waals surface area contributed by atoms with Crippen LogP contribution < -0.4 is 21.1 Å². The summed E-state index contributed by atoms with van der Waals surface area (Å²) in [4.78, 5) is 27.7. The molecule has 9 heteroatoms. The van der Waals surface area contributed by atoms with Gasteiger partial charge < -0.3 is 21.1 Å². The van der Waals surface area contributed by atoms with Gasteiger partial charge in [-0.3, -0.25) is 15.0 Å². The first-order valence-corrected chi connectivity index (χ1v) is 8.90. The number of carbonyl (C=O) groups excluding carboxylic acids is 2. The summed E-state index contributed by atoms with van der Waals surface area (Å²) in [5.74, 6) is 0.336. The lowest BCUT2D eigenvalue weighted by Crippen LogP contribution is -2.28. The number of aliphatic imine (C=N–C) groups is 1. The molecule has 1 aliphatic rings. The molecule has 1 fully saturated rings. The third kappa shape index (κ3) is 5.32. The van der Waals surface area contributed by atoms with Crippen molar-refractivity contribution in [2.75, 3.05) is 5.32 Å². The highest BCUT2D eigenvalue weighted by Crippen LogP contribution is 2.25. The molecule has 1 unspecified atom stereocenters. The van der Waals surface area contributed by atoms with Gasteiger partial charge in [-0.05, 0) is 36.4 Å². The van der Waals surface area contributed by atoms with E-state index in [1.807, 2.05) is 30.3 Å². The van der Waals surface area contributed by atoms with Crippen LogP contribution >= 0.6 is 11.8 Å². The van der Waals surface area contributed by atoms with Crippen LogP contribution in [0, 0.1) is 5.41 Å². The number of amides is 2. The molecular formula is C18H17N5O3S. The lowest BCUT2D eigenvalue weighted by Gasteiger charge is -2.09. The van der Waals surface area contributed by atoms with E-state index >= 15 is 0 Å². The maximum Gasteiger partial charge on any atom is 0.240 e. The average molecular weight is 383 g/mol.